The first-order valence-corrected chi connectivity index (χ1v) is 11.2. The average Bonchev–Trinajstić information content (AvgIpc) is 3.20. The number of aromatic nitrogens is 1. The fraction of sp³-hybridized carbons (Fsp3) is 0.400. The van der Waals surface area contributed by atoms with Crippen LogP contribution < -0.4 is 10.1 Å². The Bertz CT molecular complexity index is 1120. The highest BCUT2D eigenvalue weighted by molar-refractivity contribution is 5.96. The third-order valence-corrected chi connectivity index (χ3v) is 6.19. The Balaban J connectivity index is 0.00000306. The molecule has 2 heterocycles. The van der Waals surface area contributed by atoms with Crippen LogP contribution in [-0.2, 0) is 12.8 Å². The largest absolute Gasteiger partial charge is 0.489 e. The van der Waals surface area contributed by atoms with Gasteiger partial charge in [-0.3, -0.25) is 9.69 Å². The van der Waals surface area contributed by atoms with E-state index in [2.05, 4.69) is 22.1 Å². The summed E-state index contributed by atoms with van der Waals surface area (Å²) in [5.41, 5.74) is 3.14. The van der Waals surface area contributed by atoms with E-state index in [1.807, 2.05) is 6.20 Å². The number of halogens is 3. The van der Waals surface area contributed by atoms with Crippen molar-refractivity contribution in [3.8, 4) is 5.75 Å². The van der Waals surface area contributed by atoms with E-state index in [0.717, 1.165) is 48.8 Å². The van der Waals surface area contributed by atoms with Crippen molar-refractivity contribution in [1.29, 1.82) is 0 Å². The van der Waals surface area contributed by atoms with E-state index in [1.165, 1.54) is 18.2 Å². The van der Waals surface area contributed by atoms with E-state index in [1.54, 1.807) is 19.2 Å². The van der Waals surface area contributed by atoms with E-state index in [9.17, 15) is 13.6 Å². The molecule has 0 unspecified atom stereocenters. The molecule has 1 atom stereocenters. The third-order valence-electron chi connectivity index (χ3n) is 6.19. The number of aromatic amines is 1. The van der Waals surface area contributed by atoms with Gasteiger partial charge in [-0.05, 0) is 74.7 Å². The molecule has 8 heteroatoms. The SMILES string of the molecule is CCCN(CCCc1c[nH]c2ccc(F)cc12)[C@H]1COc2c(F)ccc(C(=O)NC)c2C1.Cl. The van der Waals surface area contributed by atoms with Gasteiger partial charge in [0.25, 0.3) is 5.91 Å². The van der Waals surface area contributed by atoms with Gasteiger partial charge in [0.2, 0.25) is 0 Å². The van der Waals surface area contributed by atoms with Gasteiger partial charge in [0, 0.05) is 41.3 Å². The highest BCUT2D eigenvalue weighted by Crippen LogP contribution is 2.32. The van der Waals surface area contributed by atoms with E-state index in [0.29, 0.717) is 24.2 Å². The van der Waals surface area contributed by atoms with Gasteiger partial charge in [0.15, 0.2) is 11.6 Å². The second-order valence-corrected chi connectivity index (χ2v) is 8.29. The van der Waals surface area contributed by atoms with Gasteiger partial charge in [-0.15, -0.1) is 12.4 Å². The highest BCUT2D eigenvalue weighted by Gasteiger charge is 2.30. The Morgan fingerprint density at radius 1 is 1.24 bits per heavy atom. The molecular weight excluding hydrogens is 448 g/mol. The van der Waals surface area contributed by atoms with Crippen molar-refractivity contribution in [2.75, 3.05) is 26.7 Å². The standard InChI is InChI=1S/C25H29F2N3O2.ClH/c1-3-10-30(11-4-5-16-14-29-23-9-6-17(26)12-20(16)23)18-13-21-19(25(31)28-2)7-8-22(27)24(21)32-15-18;/h6-9,12,14,18,29H,3-5,10-11,13,15H2,1-2H3,(H,28,31);1H/t18-;/m1./s1. The van der Waals surface area contributed by atoms with Crippen molar-refractivity contribution >= 4 is 29.2 Å². The molecule has 4 rings (SSSR count). The molecule has 1 aromatic heterocycles. The molecule has 3 aromatic rings. The van der Waals surface area contributed by atoms with Crippen LogP contribution in [0.2, 0.25) is 0 Å². The minimum Gasteiger partial charge on any atom is -0.489 e. The highest BCUT2D eigenvalue weighted by atomic mass is 35.5. The zero-order valence-corrected chi connectivity index (χ0v) is 19.7. The molecule has 2 N–H and O–H groups in total. The molecule has 1 aliphatic rings. The molecule has 1 aliphatic heterocycles. The van der Waals surface area contributed by atoms with Crippen LogP contribution in [0.3, 0.4) is 0 Å². The minimum absolute atomic E-state index is 0. The van der Waals surface area contributed by atoms with Crippen LogP contribution in [0, 0.1) is 11.6 Å². The average molecular weight is 478 g/mol. The van der Waals surface area contributed by atoms with Crippen LogP contribution in [0.1, 0.15) is 41.3 Å². The van der Waals surface area contributed by atoms with Gasteiger partial charge in [0.1, 0.15) is 12.4 Å². The number of rotatable bonds is 8. The molecule has 1 amide bonds. The summed E-state index contributed by atoms with van der Waals surface area (Å²) in [7, 11) is 1.57. The smallest absolute Gasteiger partial charge is 0.251 e. The summed E-state index contributed by atoms with van der Waals surface area (Å²) in [6.07, 6.45) is 5.22. The lowest BCUT2D eigenvalue weighted by molar-refractivity contribution is 0.0949. The van der Waals surface area contributed by atoms with E-state index in [4.69, 9.17) is 4.74 Å². The van der Waals surface area contributed by atoms with Gasteiger partial charge in [-0.1, -0.05) is 6.92 Å². The molecule has 5 nitrogen and oxygen atoms in total. The number of nitrogens with one attached hydrogen (secondary N) is 2. The number of hydrogen-bond donors (Lipinski definition) is 2. The number of ether oxygens (including phenoxy) is 1. The number of H-pyrrole nitrogens is 1. The minimum atomic E-state index is -0.431. The summed E-state index contributed by atoms with van der Waals surface area (Å²) in [4.78, 5) is 17.9. The maximum absolute atomic E-state index is 14.3. The van der Waals surface area contributed by atoms with E-state index < -0.39 is 5.82 Å². The lowest BCUT2D eigenvalue weighted by atomic mass is 9.95. The van der Waals surface area contributed by atoms with E-state index in [-0.39, 0.29) is 35.9 Å². The van der Waals surface area contributed by atoms with Crippen LogP contribution in [0.5, 0.6) is 5.75 Å². The number of hydrogen-bond acceptors (Lipinski definition) is 3. The molecular formula is C25H30ClF2N3O2. The molecule has 33 heavy (non-hydrogen) atoms. The normalized spacial score (nSPS) is 15.1. The second kappa shape index (κ2) is 11.0. The monoisotopic (exact) mass is 477 g/mol. The van der Waals surface area contributed by atoms with Crippen molar-refractivity contribution < 1.29 is 18.3 Å². The lowest BCUT2D eigenvalue weighted by Crippen LogP contribution is -2.45. The topological polar surface area (TPSA) is 57.4 Å². The number of aryl methyl sites for hydroxylation is 1. The first-order valence-electron chi connectivity index (χ1n) is 11.2. The zero-order valence-electron chi connectivity index (χ0n) is 18.9. The molecule has 0 saturated heterocycles. The van der Waals surface area contributed by atoms with Gasteiger partial charge in [-0.25, -0.2) is 8.78 Å². The summed E-state index contributed by atoms with van der Waals surface area (Å²) in [6.45, 7) is 4.24. The molecule has 0 bridgehead atoms. The van der Waals surface area contributed by atoms with Crippen LogP contribution in [0.15, 0.2) is 36.5 Å². The summed E-state index contributed by atoms with van der Waals surface area (Å²) < 4.78 is 33.8. The van der Waals surface area contributed by atoms with Gasteiger partial charge in [0.05, 0.1) is 0 Å². The van der Waals surface area contributed by atoms with E-state index >= 15 is 0 Å². The van der Waals surface area contributed by atoms with Gasteiger partial charge >= 0.3 is 0 Å². The molecule has 0 saturated carbocycles. The molecule has 2 aromatic carbocycles. The Kier molecular flexibility index (Phi) is 8.32. The van der Waals surface area contributed by atoms with Crippen molar-refractivity contribution in [3.63, 3.8) is 0 Å². The molecule has 178 valence electrons. The summed E-state index contributed by atoms with van der Waals surface area (Å²) in [6, 6.07) is 7.68. The number of benzene rings is 2. The lowest BCUT2D eigenvalue weighted by Gasteiger charge is -2.35. The van der Waals surface area contributed by atoms with Crippen molar-refractivity contribution in [2.24, 2.45) is 0 Å². The van der Waals surface area contributed by atoms with Crippen LogP contribution in [0.4, 0.5) is 8.78 Å². The van der Waals surface area contributed by atoms with Gasteiger partial charge < -0.3 is 15.0 Å². The first kappa shape index (κ1) is 25.0. The Morgan fingerprint density at radius 3 is 2.82 bits per heavy atom. The van der Waals surface area contributed by atoms with Crippen molar-refractivity contribution in [1.82, 2.24) is 15.2 Å². The van der Waals surface area contributed by atoms with Crippen LogP contribution in [-0.4, -0.2) is 48.6 Å². The molecule has 0 radical (unpaired) electrons. The second-order valence-electron chi connectivity index (χ2n) is 8.29. The Morgan fingerprint density at radius 2 is 2.06 bits per heavy atom. The summed E-state index contributed by atoms with van der Waals surface area (Å²) >= 11 is 0. The Labute approximate surface area is 198 Å². The molecule has 0 fully saturated rings. The quantitative estimate of drug-likeness (QED) is 0.486. The zero-order chi connectivity index (χ0) is 22.7. The maximum Gasteiger partial charge on any atom is 0.251 e. The number of carbonyl (C=O) groups is 1. The van der Waals surface area contributed by atoms with Crippen molar-refractivity contribution in [3.05, 3.63) is 64.9 Å². The van der Waals surface area contributed by atoms with Gasteiger partial charge in [-0.2, -0.15) is 0 Å². The predicted octanol–water partition coefficient (Wildman–Crippen LogP) is 4.88. The molecule has 0 aliphatic carbocycles. The number of fused-ring (bicyclic) bond motifs is 2. The summed E-state index contributed by atoms with van der Waals surface area (Å²) in [5, 5.41) is 3.55. The Hall–Kier alpha value is -2.64. The van der Waals surface area contributed by atoms with Crippen molar-refractivity contribution in [2.45, 2.75) is 38.6 Å². The van der Waals surface area contributed by atoms with Crippen LogP contribution >= 0.6 is 12.4 Å². The first-order chi connectivity index (χ1) is 15.5. The fourth-order valence-corrected chi connectivity index (χ4v) is 4.61. The third kappa shape index (κ3) is 5.31. The summed E-state index contributed by atoms with van der Waals surface area (Å²) in [5.74, 6) is -0.707. The number of carbonyl (C=O) groups excluding carboxylic acids is 1. The fourth-order valence-electron chi connectivity index (χ4n) is 4.61. The predicted molar refractivity (Wildman–Crippen MR) is 128 cm³/mol. The van der Waals surface area contributed by atoms with Crippen LogP contribution in [0.25, 0.3) is 10.9 Å². The maximum atomic E-state index is 14.3. The molecule has 0 spiro atoms. The number of nitrogens with zero attached hydrogens (tertiary/aromatic N) is 1. The number of amides is 1.